The lowest BCUT2D eigenvalue weighted by Crippen LogP contribution is -2.32. The molecule has 1 aromatic rings. The van der Waals surface area contributed by atoms with Crippen molar-refractivity contribution in [3.63, 3.8) is 0 Å². The second-order valence-corrected chi connectivity index (χ2v) is 5.60. The molecule has 1 aromatic heterocycles. The molecule has 1 heterocycles. The number of nitrogens with one attached hydrogen (secondary N) is 1. The van der Waals surface area contributed by atoms with Gasteiger partial charge in [-0.05, 0) is 26.2 Å². The molecule has 0 fully saturated rings. The van der Waals surface area contributed by atoms with Crippen LogP contribution in [0.2, 0.25) is 0 Å². The van der Waals surface area contributed by atoms with Gasteiger partial charge in [-0.1, -0.05) is 27.2 Å². The van der Waals surface area contributed by atoms with Gasteiger partial charge in [0.2, 0.25) is 0 Å². The molecule has 0 aromatic carbocycles. The minimum absolute atomic E-state index is 0.440. The second kappa shape index (κ2) is 7.02. The third kappa shape index (κ3) is 3.87. The van der Waals surface area contributed by atoms with Crippen LogP contribution in [0.5, 0.6) is 0 Å². The van der Waals surface area contributed by atoms with Crippen molar-refractivity contribution in [2.24, 2.45) is 0 Å². The van der Waals surface area contributed by atoms with Gasteiger partial charge in [-0.25, -0.2) is 4.98 Å². The largest absolute Gasteiger partial charge is 0.305 e. The zero-order valence-corrected chi connectivity index (χ0v) is 11.7. The smallest absolute Gasteiger partial charge is 0.110 e. The van der Waals surface area contributed by atoms with Gasteiger partial charge >= 0.3 is 0 Å². The molecule has 0 spiro atoms. The van der Waals surface area contributed by atoms with Crippen molar-refractivity contribution in [2.75, 3.05) is 0 Å². The molecular weight excluding hydrogens is 216 g/mol. The van der Waals surface area contributed by atoms with E-state index in [2.05, 4.69) is 38.0 Å². The van der Waals surface area contributed by atoms with Gasteiger partial charge in [0.1, 0.15) is 5.01 Å². The van der Waals surface area contributed by atoms with E-state index >= 15 is 0 Å². The molecule has 0 bridgehead atoms. The summed E-state index contributed by atoms with van der Waals surface area (Å²) in [5.74, 6) is 0. The van der Waals surface area contributed by atoms with Gasteiger partial charge in [-0.2, -0.15) is 0 Å². The highest BCUT2D eigenvalue weighted by Gasteiger charge is 2.16. The summed E-state index contributed by atoms with van der Waals surface area (Å²) in [5, 5.41) is 4.98. The SMILES string of the molecule is CCCC(CC)NC(CC)c1ncc(C)s1. The first-order valence-electron chi connectivity index (χ1n) is 6.39. The van der Waals surface area contributed by atoms with Crippen molar-refractivity contribution in [1.29, 1.82) is 0 Å². The van der Waals surface area contributed by atoms with Gasteiger partial charge in [0.25, 0.3) is 0 Å². The molecule has 0 saturated carbocycles. The number of hydrogen-bond donors (Lipinski definition) is 1. The van der Waals surface area contributed by atoms with E-state index in [4.69, 9.17) is 0 Å². The average molecular weight is 240 g/mol. The van der Waals surface area contributed by atoms with E-state index in [1.165, 1.54) is 29.1 Å². The highest BCUT2D eigenvalue weighted by atomic mass is 32.1. The van der Waals surface area contributed by atoms with Crippen LogP contribution in [-0.2, 0) is 0 Å². The van der Waals surface area contributed by atoms with Crippen molar-refractivity contribution >= 4 is 11.3 Å². The van der Waals surface area contributed by atoms with E-state index in [0.717, 1.165) is 6.42 Å². The third-order valence-corrected chi connectivity index (χ3v) is 3.94. The summed E-state index contributed by atoms with van der Waals surface area (Å²) < 4.78 is 0. The number of rotatable bonds is 7. The number of thiazole rings is 1. The van der Waals surface area contributed by atoms with Gasteiger partial charge < -0.3 is 5.32 Å². The molecule has 3 heteroatoms. The quantitative estimate of drug-likeness (QED) is 0.777. The topological polar surface area (TPSA) is 24.9 Å². The maximum atomic E-state index is 4.49. The Morgan fingerprint density at radius 1 is 1.31 bits per heavy atom. The molecule has 0 amide bonds. The fourth-order valence-electron chi connectivity index (χ4n) is 1.94. The molecule has 2 atom stereocenters. The molecule has 0 radical (unpaired) electrons. The molecule has 1 rings (SSSR count). The molecule has 1 N–H and O–H groups in total. The highest BCUT2D eigenvalue weighted by molar-refractivity contribution is 7.11. The Kier molecular flexibility index (Phi) is 5.99. The summed E-state index contributed by atoms with van der Waals surface area (Å²) in [6.07, 6.45) is 6.81. The van der Waals surface area contributed by atoms with Crippen LogP contribution >= 0.6 is 11.3 Å². The van der Waals surface area contributed by atoms with Crippen LogP contribution in [0.15, 0.2) is 6.20 Å². The van der Waals surface area contributed by atoms with E-state index in [-0.39, 0.29) is 0 Å². The first-order valence-corrected chi connectivity index (χ1v) is 7.21. The molecule has 0 saturated heterocycles. The summed E-state index contributed by atoms with van der Waals surface area (Å²) in [6, 6.07) is 1.08. The first kappa shape index (κ1) is 13.7. The lowest BCUT2D eigenvalue weighted by Gasteiger charge is -2.22. The third-order valence-electron chi connectivity index (χ3n) is 2.91. The van der Waals surface area contributed by atoms with Crippen molar-refractivity contribution < 1.29 is 0 Å². The number of aromatic nitrogens is 1. The second-order valence-electron chi connectivity index (χ2n) is 4.33. The zero-order valence-electron chi connectivity index (χ0n) is 10.9. The number of nitrogens with zero attached hydrogens (tertiary/aromatic N) is 1. The zero-order chi connectivity index (χ0) is 12.0. The van der Waals surface area contributed by atoms with Gasteiger partial charge in [-0.3, -0.25) is 0 Å². The predicted molar refractivity (Wildman–Crippen MR) is 72.0 cm³/mol. The van der Waals surface area contributed by atoms with Crippen molar-refractivity contribution in [3.05, 3.63) is 16.1 Å². The molecule has 0 aliphatic heterocycles. The van der Waals surface area contributed by atoms with Crippen LogP contribution in [-0.4, -0.2) is 11.0 Å². The van der Waals surface area contributed by atoms with Gasteiger partial charge in [0.15, 0.2) is 0 Å². The first-order chi connectivity index (χ1) is 7.71. The fourth-order valence-corrected chi connectivity index (χ4v) is 2.85. The average Bonchev–Trinajstić information content (AvgIpc) is 2.71. The molecule has 0 aliphatic rings. The monoisotopic (exact) mass is 240 g/mol. The lowest BCUT2D eigenvalue weighted by molar-refractivity contribution is 0.393. The van der Waals surface area contributed by atoms with Crippen molar-refractivity contribution in [2.45, 2.75) is 65.5 Å². The van der Waals surface area contributed by atoms with Crippen LogP contribution in [0.3, 0.4) is 0 Å². The van der Waals surface area contributed by atoms with Crippen LogP contribution in [0.1, 0.15) is 62.4 Å². The standard InChI is InChI=1S/C13H24N2S/c1-5-8-11(6-2)15-12(7-3)13-14-9-10(4)16-13/h9,11-12,15H,5-8H2,1-4H3. The Morgan fingerprint density at radius 3 is 2.50 bits per heavy atom. The Balaban J connectivity index is 2.60. The van der Waals surface area contributed by atoms with E-state index in [1.807, 2.05) is 17.5 Å². The highest BCUT2D eigenvalue weighted by Crippen LogP contribution is 2.23. The number of hydrogen-bond acceptors (Lipinski definition) is 3. The summed E-state index contributed by atoms with van der Waals surface area (Å²) >= 11 is 1.82. The van der Waals surface area contributed by atoms with Crippen LogP contribution < -0.4 is 5.32 Å². The minimum Gasteiger partial charge on any atom is -0.305 e. The van der Waals surface area contributed by atoms with Crippen molar-refractivity contribution in [1.82, 2.24) is 10.3 Å². The Hall–Kier alpha value is -0.410. The van der Waals surface area contributed by atoms with Crippen LogP contribution in [0.25, 0.3) is 0 Å². The van der Waals surface area contributed by atoms with E-state index < -0.39 is 0 Å². The Labute approximate surface area is 103 Å². The molecule has 2 nitrogen and oxygen atoms in total. The maximum absolute atomic E-state index is 4.49. The van der Waals surface area contributed by atoms with Gasteiger partial charge in [0, 0.05) is 17.1 Å². The summed E-state index contributed by atoms with van der Waals surface area (Å²) in [7, 11) is 0. The molecule has 2 unspecified atom stereocenters. The summed E-state index contributed by atoms with van der Waals surface area (Å²) in [4.78, 5) is 5.79. The molecule has 92 valence electrons. The van der Waals surface area contributed by atoms with E-state index in [1.54, 1.807) is 0 Å². The Bertz CT molecular complexity index is 296. The predicted octanol–water partition coefficient (Wildman–Crippen LogP) is 4.07. The number of aryl methyl sites for hydroxylation is 1. The molecule has 16 heavy (non-hydrogen) atoms. The fraction of sp³-hybridized carbons (Fsp3) is 0.769. The van der Waals surface area contributed by atoms with Gasteiger partial charge in [0.05, 0.1) is 6.04 Å². The van der Waals surface area contributed by atoms with Crippen molar-refractivity contribution in [3.8, 4) is 0 Å². The summed E-state index contributed by atoms with van der Waals surface area (Å²) in [6.45, 7) is 8.86. The Morgan fingerprint density at radius 2 is 2.06 bits per heavy atom. The maximum Gasteiger partial charge on any atom is 0.110 e. The molecule has 0 aliphatic carbocycles. The normalized spacial score (nSPS) is 15.0. The minimum atomic E-state index is 0.440. The van der Waals surface area contributed by atoms with Gasteiger partial charge in [-0.15, -0.1) is 11.3 Å². The van der Waals surface area contributed by atoms with Crippen LogP contribution in [0.4, 0.5) is 0 Å². The van der Waals surface area contributed by atoms with Crippen LogP contribution in [0, 0.1) is 6.92 Å². The summed E-state index contributed by atoms with van der Waals surface area (Å²) in [5.41, 5.74) is 0. The van der Waals surface area contributed by atoms with E-state index in [9.17, 15) is 0 Å². The molecular formula is C13H24N2S. The lowest BCUT2D eigenvalue weighted by atomic mass is 10.1. The van der Waals surface area contributed by atoms with E-state index in [0.29, 0.717) is 12.1 Å².